The Hall–Kier alpha value is -1.03. The number of benzene rings is 1. The van der Waals surface area contributed by atoms with Gasteiger partial charge < -0.3 is 4.90 Å². The highest BCUT2D eigenvalue weighted by Crippen LogP contribution is 2.25. The molecule has 2 atom stereocenters. The highest BCUT2D eigenvalue weighted by molar-refractivity contribution is 8.00. The van der Waals surface area contributed by atoms with Crippen LogP contribution in [0, 0.1) is 5.82 Å². The van der Waals surface area contributed by atoms with E-state index in [1.165, 1.54) is 12.1 Å². The number of hydrogen-bond acceptors (Lipinski definition) is 2. The molecule has 0 radical (unpaired) electrons. The molecule has 1 heterocycles. The van der Waals surface area contributed by atoms with Crippen LogP contribution >= 0.6 is 11.8 Å². The third-order valence-corrected chi connectivity index (χ3v) is 4.03. The summed E-state index contributed by atoms with van der Waals surface area (Å²) in [4.78, 5) is 14.1. The first-order valence-electron chi connectivity index (χ1n) is 5.76. The summed E-state index contributed by atoms with van der Waals surface area (Å²) in [6.45, 7) is 5.80. The van der Waals surface area contributed by atoms with Crippen LogP contribution < -0.4 is 0 Å². The molecule has 1 saturated heterocycles. The van der Waals surface area contributed by atoms with Crippen LogP contribution in [0.5, 0.6) is 0 Å². The quantitative estimate of drug-likeness (QED) is 0.767. The lowest BCUT2D eigenvalue weighted by atomic mass is 10.2. The summed E-state index contributed by atoms with van der Waals surface area (Å²) < 4.78 is 12.8. The van der Waals surface area contributed by atoms with Crippen LogP contribution in [0.15, 0.2) is 24.3 Å². The second kappa shape index (κ2) is 5.08. The fraction of sp³-hybridized carbons (Fsp3) is 0.462. The van der Waals surface area contributed by atoms with Crippen molar-refractivity contribution >= 4 is 17.7 Å². The second-order valence-corrected chi connectivity index (χ2v) is 6.36. The van der Waals surface area contributed by atoms with Crippen molar-refractivity contribution in [1.82, 2.24) is 4.90 Å². The molecule has 2 unspecified atom stereocenters. The largest absolute Gasteiger partial charge is 0.336 e. The van der Waals surface area contributed by atoms with Gasteiger partial charge in [0.25, 0.3) is 5.91 Å². The number of rotatable bonds is 1. The maximum Gasteiger partial charge on any atom is 0.253 e. The number of thioether (sulfide) groups is 1. The predicted molar refractivity (Wildman–Crippen MR) is 68.8 cm³/mol. The van der Waals surface area contributed by atoms with Gasteiger partial charge in [0.15, 0.2) is 0 Å². The van der Waals surface area contributed by atoms with E-state index in [0.717, 1.165) is 13.1 Å². The zero-order valence-electron chi connectivity index (χ0n) is 10.0. The lowest BCUT2D eigenvalue weighted by Crippen LogP contribution is -2.44. The molecular weight excluding hydrogens is 237 g/mol. The van der Waals surface area contributed by atoms with Gasteiger partial charge in [0, 0.05) is 29.2 Å². The van der Waals surface area contributed by atoms with Crippen molar-refractivity contribution < 1.29 is 9.18 Å². The fourth-order valence-corrected chi connectivity index (χ4v) is 3.44. The lowest BCUT2D eigenvalue weighted by Gasteiger charge is -2.34. The van der Waals surface area contributed by atoms with Gasteiger partial charge in [-0.15, -0.1) is 0 Å². The van der Waals surface area contributed by atoms with E-state index in [1.54, 1.807) is 12.1 Å². The third-order valence-electron chi connectivity index (χ3n) is 2.80. The van der Waals surface area contributed by atoms with Gasteiger partial charge in [-0.25, -0.2) is 4.39 Å². The van der Waals surface area contributed by atoms with Crippen LogP contribution in [0.25, 0.3) is 0 Å². The van der Waals surface area contributed by atoms with E-state index in [4.69, 9.17) is 0 Å². The van der Waals surface area contributed by atoms with Gasteiger partial charge in [0.1, 0.15) is 5.82 Å². The minimum absolute atomic E-state index is 0.00370. The van der Waals surface area contributed by atoms with Crippen molar-refractivity contribution in [2.45, 2.75) is 24.3 Å². The molecule has 1 amide bonds. The second-order valence-electron chi connectivity index (χ2n) is 4.47. The number of halogens is 1. The minimum atomic E-state index is -0.308. The molecule has 0 bridgehead atoms. The maximum absolute atomic E-state index is 12.8. The molecule has 17 heavy (non-hydrogen) atoms. The molecule has 1 aromatic rings. The van der Waals surface area contributed by atoms with E-state index in [1.807, 2.05) is 16.7 Å². The normalized spacial score (nSPS) is 24.8. The molecule has 2 nitrogen and oxygen atoms in total. The van der Waals surface area contributed by atoms with Gasteiger partial charge in [0.2, 0.25) is 0 Å². The van der Waals surface area contributed by atoms with Crippen LogP contribution in [0.2, 0.25) is 0 Å². The number of carbonyl (C=O) groups is 1. The Kier molecular flexibility index (Phi) is 3.72. The van der Waals surface area contributed by atoms with Crippen molar-refractivity contribution in [2.75, 3.05) is 13.1 Å². The van der Waals surface area contributed by atoms with Gasteiger partial charge >= 0.3 is 0 Å². The monoisotopic (exact) mass is 253 g/mol. The van der Waals surface area contributed by atoms with Gasteiger partial charge in [0.05, 0.1) is 0 Å². The van der Waals surface area contributed by atoms with Crippen LogP contribution in [0.4, 0.5) is 4.39 Å². The van der Waals surface area contributed by atoms with E-state index in [2.05, 4.69) is 13.8 Å². The average molecular weight is 253 g/mol. The van der Waals surface area contributed by atoms with Crippen LogP contribution in [0.3, 0.4) is 0 Å². The molecule has 0 saturated carbocycles. The zero-order chi connectivity index (χ0) is 12.4. The number of nitrogens with zero attached hydrogens (tertiary/aromatic N) is 1. The summed E-state index contributed by atoms with van der Waals surface area (Å²) in [6.07, 6.45) is 0. The van der Waals surface area contributed by atoms with Crippen molar-refractivity contribution in [3.05, 3.63) is 35.6 Å². The Morgan fingerprint density at radius 1 is 1.24 bits per heavy atom. The Balaban J connectivity index is 2.11. The van der Waals surface area contributed by atoms with Crippen LogP contribution in [-0.2, 0) is 0 Å². The summed E-state index contributed by atoms with van der Waals surface area (Å²) in [5.41, 5.74) is 0.567. The fourth-order valence-electron chi connectivity index (χ4n) is 2.12. The molecule has 0 spiro atoms. The molecule has 1 aliphatic rings. The molecule has 0 aliphatic carbocycles. The summed E-state index contributed by atoms with van der Waals surface area (Å²) in [6, 6.07) is 5.76. The first kappa shape index (κ1) is 12.4. The van der Waals surface area contributed by atoms with Crippen molar-refractivity contribution in [3.8, 4) is 0 Å². The van der Waals surface area contributed by atoms with Crippen molar-refractivity contribution in [2.24, 2.45) is 0 Å². The highest BCUT2D eigenvalue weighted by atomic mass is 32.2. The zero-order valence-corrected chi connectivity index (χ0v) is 10.8. The summed E-state index contributed by atoms with van der Waals surface area (Å²) in [5, 5.41) is 0.922. The number of hydrogen-bond donors (Lipinski definition) is 0. The van der Waals surface area contributed by atoms with E-state index in [9.17, 15) is 9.18 Å². The van der Waals surface area contributed by atoms with Gasteiger partial charge in [-0.3, -0.25) is 4.79 Å². The van der Waals surface area contributed by atoms with Crippen LogP contribution in [0.1, 0.15) is 24.2 Å². The van der Waals surface area contributed by atoms with Crippen LogP contribution in [-0.4, -0.2) is 34.4 Å². The maximum atomic E-state index is 12.8. The molecule has 1 fully saturated rings. The van der Waals surface area contributed by atoms with E-state index >= 15 is 0 Å². The van der Waals surface area contributed by atoms with Crippen molar-refractivity contribution in [1.29, 1.82) is 0 Å². The molecule has 1 aliphatic heterocycles. The first-order chi connectivity index (χ1) is 8.06. The van der Waals surface area contributed by atoms with E-state index < -0.39 is 0 Å². The topological polar surface area (TPSA) is 20.3 Å². The summed E-state index contributed by atoms with van der Waals surface area (Å²) in [7, 11) is 0. The minimum Gasteiger partial charge on any atom is -0.336 e. The van der Waals surface area contributed by atoms with Crippen molar-refractivity contribution in [3.63, 3.8) is 0 Å². The third kappa shape index (κ3) is 3.00. The standard InChI is InChI=1S/C13H16FNOS/c1-9-7-15(8-10(2)17-9)13(16)11-3-5-12(14)6-4-11/h3-6,9-10H,7-8H2,1-2H3. The van der Waals surface area contributed by atoms with Gasteiger partial charge in [-0.2, -0.15) is 11.8 Å². The highest BCUT2D eigenvalue weighted by Gasteiger charge is 2.26. The molecule has 2 rings (SSSR count). The number of amides is 1. The smallest absolute Gasteiger partial charge is 0.253 e. The van der Waals surface area contributed by atoms with Gasteiger partial charge in [-0.1, -0.05) is 13.8 Å². The summed E-state index contributed by atoms with van der Waals surface area (Å²) >= 11 is 1.91. The Bertz CT molecular complexity index is 396. The van der Waals surface area contributed by atoms with E-state index in [0.29, 0.717) is 16.1 Å². The molecule has 4 heteroatoms. The Labute approximate surface area is 105 Å². The lowest BCUT2D eigenvalue weighted by molar-refractivity contribution is 0.0753. The van der Waals surface area contributed by atoms with E-state index in [-0.39, 0.29) is 11.7 Å². The Morgan fingerprint density at radius 2 is 1.76 bits per heavy atom. The number of carbonyl (C=O) groups excluding carboxylic acids is 1. The van der Waals surface area contributed by atoms with Gasteiger partial charge in [-0.05, 0) is 24.3 Å². The predicted octanol–water partition coefficient (Wildman–Crippen LogP) is 2.79. The molecule has 1 aromatic carbocycles. The molecule has 0 aromatic heterocycles. The first-order valence-corrected chi connectivity index (χ1v) is 6.71. The Morgan fingerprint density at radius 3 is 2.29 bits per heavy atom. The SMILES string of the molecule is CC1CN(C(=O)c2ccc(F)cc2)CC(C)S1. The molecule has 0 N–H and O–H groups in total. The average Bonchev–Trinajstić information content (AvgIpc) is 2.28. The molecular formula is C13H16FNOS. The summed E-state index contributed by atoms with van der Waals surface area (Å²) in [5.74, 6) is -0.304. The molecule has 92 valence electrons.